The molecule has 9 heteroatoms. The lowest BCUT2D eigenvalue weighted by Gasteiger charge is -2.27. The Balaban J connectivity index is 1.45. The zero-order valence-corrected chi connectivity index (χ0v) is 29.4. The van der Waals surface area contributed by atoms with Gasteiger partial charge in [0.2, 0.25) is 17.7 Å². The van der Waals surface area contributed by atoms with Gasteiger partial charge in [0.15, 0.2) is 0 Å². The number of ether oxygens (including phenoxy) is 2. The average molecular weight is 674 g/mol. The minimum atomic E-state index is -0.950. The Morgan fingerprint density at radius 1 is 0.620 bits per heavy atom. The van der Waals surface area contributed by atoms with Crippen LogP contribution in [0, 0.1) is 11.8 Å². The maximum Gasteiger partial charge on any atom is 0.243 e. The van der Waals surface area contributed by atoms with Crippen LogP contribution in [0.25, 0.3) is 0 Å². The highest BCUT2D eigenvalue weighted by Gasteiger charge is 2.29. The number of hydrogen-bond donors (Lipinski definition) is 3. The van der Waals surface area contributed by atoms with Crippen molar-refractivity contribution >= 4 is 25.6 Å². The van der Waals surface area contributed by atoms with Gasteiger partial charge in [-0.25, -0.2) is 0 Å². The van der Waals surface area contributed by atoms with Crippen LogP contribution >= 0.6 is 0 Å². The topological polar surface area (TPSA) is 106 Å². The summed E-state index contributed by atoms with van der Waals surface area (Å²) in [5.74, 6) is -0.295. The normalized spacial score (nSPS) is 12.8. The molecule has 4 aromatic rings. The van der Waals surface area contributed by atoms with E-state index in [0.717, 1.165) is 22.3 Å². The van der Waals surface area contributed by atoms with E-state index < -0.39 is 23.9 Å². The number of benzene rings is 4. The third-order valence-electron chi connectivity index (χ3n) is 8.07. The zero-order valence-electron chi connectivity index (χ0n) is 29.4. The molecule has 3 amide bonds. The van der Waals surface area contributed by atoms with Crippen molar-refractivity contribution in [1.29, 1.82) is 0 Å². The molecule has 0 aliphatic heterocycles. The fourth-order valence-corrected chi connectivity index (χ4v) is 5.45. The summed E-state index contributed by atoms with van der Waals surface area (Å²) in [6.07, 6.45) is 0.847. The summed E-state index contributed by atoms with van der Waals surface area (Å²) in [4.78, 5) is 40.5. The van der Waals surface area contributed by atoms with Crippen molar-refractivity contribution in [2.75, 3.05) is 0 Å². The van der Waals surface area contributed by atoms with E-state index in [1.807, 2.05) is 137 Å². The van der Waals surface area contributed by atoms with E-state index in [0.29, 0.717) is 37.1 Å². The van der Waals surface area contributed by atoms with Crippen LogP contribution in [-0.2, 0) is 40.4 Å². The fraction of sp³-hybridized carbons (Fsp3) is 0.341. The molecule has 3 atom stereocenters. The second-order valence-corrected chi connectivity index (χ2v) is 13.3. The third-order valence-corrected chi connectivity index (χ3v) is 8.07. The number of rotatable bonds is 18. The van der Waals surface area contributed by atoms with Crippen LogP contribution in [0.3, 0.4) is 0 Å². The Labute approximate surface area is 297 Å². The Morgan fingerprint density at radius 2 is 1.20 bits per heavy atom. The quantitative estimate of drug-likeness (QED) is 0.114. The molecule has 3 unspecified atom stereocenters. The van der Waals surface area contributed by atoms with Gasteiger partial charge in [-0.05, 0) is 70.7 Å². The van der Waals surface area contributed by atoms with E-state index in [4.69, 9.17) is 17.3 Å². The van der Waals surface area contributed by atoms with Gasteiger partial charge in [-0.3, -0.25) is 14.4 Å². The Morgan fingerprint density at radius 3 is 1.78 bits per heavy atom. The van der Waals surface area contributed by atoms with Crippen molar-refractivity contribution < 1.29 is 23.9 Å². The first-order valence-electron chi connectivity index (χ1n) is 17.2. The molecule has 0 spiro atoms. The van der Waals surface area contributed by atoms with E-state index in [-0.39, 0.29) is 30.6 Å². The van der Waals surface area contributed by atoms with Gasteiger partial charge in [-0.1, -0.05) is 113 Å². The highest BCUT2D eigenvalue weighted by Crippen LogP contribution is 2.18. The summed E-state index contributed by atoms with van der Waals surface area (Å²) >= 11 is 0. The van der Waals surface area contributed by atoms with Crippen molar-refractivity contribution in [2.45, 2.75) is 78.2 Å². The highest BCUT2D eigenvalue weighted by molar-refractivity contribution is 6.13. The molecule has 0 heterocycles. The molecule has 50 heavy (non-hydrogen) atoms. The molecule has 3 N–H and O–H groups in total. The van der Waals surface area contributed by atoms with E-state index in [1.54, 1.807) is 0 Å². The first-order chi connectivity index (χ1) is 24.0. The van der Waals surface area contributed by atoms with Gasteiger partial charge in [-0.2, -0.15) is 0 Å². The SMILES string of the molecule is [B]C(CC(C)C)NC(=O)C(NC(=O)C(Cc1ccc(OCc2ccccc2)cc1)NC(=O)Cc1cccc(OCc2ccccc2)c1)C(C)C. The molecule has 0 aliphatic rings. The van der Waals surface area contributed by atoms with Crippen molar-refractivity contribution in [3.05, 3.63) is 131 Å². The van der Waals surface area contributed by atoms with Gasteiger partial charge in [-0.15, -0.1) is 0 Å². The number of carbonyl (C=O) groups excluding carboxylic acids is 3. The molecule has 0 fully saturated rings. The van der Waals surface area contributed by atoms with Crippen molar-refractivity contribution in [1.82, 2.24) is 16.0 Å². The molecule has 0 aromatic heterocycles. The number of nitrogens with one attached hydrogen (secondary N) is 3. The van der Waals surface area contributed by atoms with Gasteiger partial charge >= 0.3 is 0 Å². The fourth-order valence-electron chi connectivity index (χ4n) is 5.45. The highest BCUT2D eigenvalue weighted by atomic mass is 16.5. The molecule has 0 aliphatic carbocycles. The summed E-state index contributed by atoms with van der Waals surface area (Å²) in [5.41, 5.74) is 3.65. The Bertz CT molecular complexity index is 1650. The number of carbonyl (C=O) groups is 3. The van der Waals surface area contributed by atoms with Gasteiger partial charge in [0, 0.05) is 6.42 Å². The van der Waals surface area contributed by atoms with Gasteiger partial charge < -0.3 is 25.4 Å². The van der Waals surface area contributed by atoms with Crippen LogP contribution < -0.4 is 25.4 Å². The monoisotopic (exact) mass is 673 g/mol. The largest absolute Gasteiger partial charge is 0.489 e. The maximum atomic E-state index is 13.8. The minimum Gasteiger partial charge on any atom is -0.489 e. The Kier molecular flexibility index (Phi) is 14.5. The van der Waals surface area contributed by atoms with Crippen molar-refractivity contribution in [2.24, 2.45) is 11.8 Å². The summed E-state index contributed by atoms with van der Waals surface area (Å²) in [5, 5.41) is 8.64. The predicted octanol–water partition coefficient (Wildman–Crippen LogP) is 5.91. The summed E-state index contributed by atoms with van der Waals surface area (Å²) < 4.78 is 11.9. The minimum absolute atomic E-state index is 0.0384. The molecule has 8 nitrogen and oxygen atoms in total. The van der Waals surface area contributed by atoms with Crippen LogP contribution in [0.15, 0.2) is 109 Å². The second-order valence-electron chi connectivity index (χ2n) is 13.3. The molecule has 0 saturated heterocycles. The van der Waals surface area contributed by atoms with Gasteiger partial charge in [0.25, 0.3) is 0 Å². The molecular formula is C41H48BN3O5. The lowest BCUT2D eigenvalue weighted by Crippen LogP contribution is -2.57. The molecule has 2 radical (unpaired) electrons. The Hall–Kier alpha value is -5.05. The smallest absolute Gasteiger partial charge is 0.243 e. The third kappa shape index (κ3) is 12.8. The van der Waals surface area contributed by atoms with E-state index >= 15 is 0 Å². The first kappa shape index (κ1) is 37.8. The van der Waals surface area contributed by atoms with Crippen molar-refractivity contribution in [3.8, 4) is 11.5 Å². The first-order valence-corrected chi connectivity index (χ1v) is 17.2. The van der Waals surface area contributed by atoms with Crippen LogP contribution in [0.5, 0.6) is 11.5 Å². The molecule has 0 bridgehead atoms. The van der Waals surface area contributed by atoms with Crippen LogP contribution in [-0.4, -0.2) is 43.6 Å². The van der Waals surface area contributed by atoms with Gasteiger partial charge in [0.1, 0.15) is 36.8 Å². The van der Waals surface area contributed by atoms with Gasteiger partial charge in [0.05, 0.1) is 14.3 Å². The lowest BCUT2D eigenvalue weighted by molar-refractivity contribution is -0.132. The standard InChI is InChI=1S/C41H48BN3O5/c1-28(2)22-37(42)44-41(48)39(29(3)4)45-40(47)36(24-30-18-20-34(21-19-30)49-26-31-12-7-5-8-13-31)43-38(46)25-33-16-11-17-35(23-33)50-27-32-14-9-6-10-15-32/h5-21,23,28-29,36-37,39H,22,24-27H2,1-4H3,(H,43,46)(H,44,48)(H,45,47). The summed E-state index contributed by atoms with van der Waals surface area (Å²) in [6.45, 7) is 8.59. The molecule has 4 aromatic carbocycles. The number of amides is 3. The summed E-state index contributed by atoms with van der Waals surface area (Å²) in [6, 6.07) is 32.7. The lowest BCUT2D eigenvalue weighted by atomic mass is 9.87. The van der Waals surface area contributed by atoms with Crippen LogP contribution in [0.2, 0.25) is 0 Å². The predicted molar refractivity (Wildman–Crippen MR) is 198 cm³/mol. The van der Waals surface area contributed by atoms with E-state index in [2.05, 4.69) is 16.0 Å². The van der Waals surface area contributed by atoms with E-state index in [9.17, 15) is 14.4 Å². The second kappa shape index (κ2) is 19.2. The zero-order chi connectivity index (χ0) is 35.9. The summed E-state index contributed by atoms with van der Waals surface area (Å²) in [7, 11) is 6.15. The molecular weight excluding hydrogens is 625 g/mol. The maximum absolute atomic E-state index is 13.8. The van der Waals surface area contributed by atoms with E-state index in [1.165, 1.54) is 0 Å². The number of hydrogen-bond acceptors (Lipinski definition) is 5. The van der Waals surface area contributed by atoms with Crippen LogP contribution in [0.4, 0.5) is 0 Å². The van der Waals surface area contributed by atoms with Crippen molar-refractivity contribution in [3.63, 3.8) is 0 Å². The average Bonchev–Trinajstić information content (AvgIpc) is 3.09. The molecule has 0 saturated carbocycles. The van der Waals surface area contributed by atoms with Crippen LogP contribution in [0.1, 0.15) is 56.4 Å². The molecule has 4 rings (SSSR count). The molecule has 260 valence electrons.